The highest BCUT2D eigenvalue weighted by Gasteiger charge is 2.48. The third-order valence-electron chi connectivity index (χ3n) is 4.62. The van der Waals surface area contributed by atoms with Crippen LogP contribution in [-0.4, -0.2) is 17.8 Å². The SMILES string of the molecule is CCCC(=O)Oc1ccc(N2C(=O)C3CCCCC3C2=O)cc1. The third kappa shape index (κ3) is 3.00. The lowest BCUT2D eigenvalue weighted by Crippen LogP contribution is -2.30. The van der Waals surface area contributed by atoms with E-state index in [0.29, 0.717) is 17.9 Å². The number of rotatable bonds is 4. The number of imide groups is 1. The number of benzene rings is 1. The van der Waals surface area contributed by atoms with E-state index < -0.39 is 0 Å². The van der Waals surface area contributed by atoms with Crippen LogP contribution in [0.2, 0.25) is 0 Å². The number of ether oxygens (including phenoxy) is 1. The maximum atomic E-state index is 12.5. The summed E-state index contributed by atoms with van der Waals surface area (Å²) < 4.78 is 5.19. The predicted molar refractivity (Wildman–Crippen MR) is 84.9 cm³/mol. The highest BCUT2D eigenvalue weighted by atomic mass is 16.5. The Morgan fingerprint density at radius 2 is 1.65 bits per heavy atom. The highest BCUT2D eigenvalue weighted by molar-refractivity contribution is 6.22. The summed E-state index contributed by atoms with van der Waals surface area (Å²) in [6.45, 7) is 1.91. The minimum atomic E-state index is -0.278. The Kier molecular flexibility index (Phi) is 4.46. The van der Waals surface area contributed by atoms with E-state index in [1.165, 1.54) is 4.90 Å². The van der Waals surface area contributed by atoms with Gasteiger partial charge in [-0.25, -0.2) is 0 Å². The van der Waals surface area contributed by atoms with Crippen LogP contribution < -0.4 is 9.64 Å². The fourth-order valence-electron chi connectivity index (χ4n) is 3.47. The van der Waals surface area contributed by atoms with Crippen molar-refractivity contribution in [2.24, 2.45) is 11.8 Å². The highest BCUT2D eigenvalue weighted by Crippen LogP contribution is 2.40. The first-order valence-electron chi connectivity index (χ1n) is 8.30. The Labute approximate surface area is 135 Å². The Morgan fingerprint density at radius 3 is 2.17 bits per heavy atom. The Bertz CT molecular complexity index is 598. The van der Waals surface area contributed by atoms with E-state index >= 15 is 0 Å². The Hall–Kier alpha value is -2.17. The first-order chi connectivity index (χ1) is 11.1. The monoisotopic (exact) mass is 315 g/mol. The first-order valence-corrected chi connectivity index (χ1v) is 8.30. The second-order valence-electron chi connectivity index (χ2n) is 6.23. The summed E-state index contributed by atoms with van der Waals surface area (Å²) in [6, 6.07) is 6.60. The van der Waals surface area contributed by atoms with E-state index in [4.69, 9.17) is 4.74 Å². The van der Waals surface area contributed by atoms with Crippen molar-refractivity contribution in [1.29, 1.82) is 0 Å². The normalized spacial score (nSPS) is 23.8. The number of nitrogens with zero attached hydrogens (tertiary/aromatic N) is 1. The molecule has 1 aliphatic carbocycles. The first kappa shape index (κ1) is 15.7. The van der Waals surface area contributed by atoms with Crippen LogP contribution in [0.1, 0.15) is 45.4 Å². The number of amides is 2. The van der Waals surface area contributed by atoms with Gasteiger partial charge in [-0.1, -0.05) is 19.8 Å². The molecule has 0 N–H and O–H groups in total. The van der Waals surface area contributed by atoms with Crippen LogP contribution in [0.15, 0.2) is 24.3 Å². The summed E-state index contributed by atoms with van der Waals surface area (Å²) in [7, 11) is 0. The number of anilines is 1. The molecule has 0 bridgehead atoms. The van der Waals surface area contributed by atoms with Crippen LogP contribution in [-0.2, 0) is 14.4 Å². The van der Waals surface area contributed by atoms with E-state index in [0.717, 1.165) is 32.1 Å². The maximum Gasteiger partial charge on any atom is 0.311 e. The molecule has 2 atom stereocenters. The smallest absolute Gasteiger partial charge is 0.311 e. The lowest BCUT2D eigenvalue weighted by Gasteiger charge is -2.19. The zero-order chi connectivity index (χ0) is 16.4. The number of carbonyl (C=O) groups excluding carboxylic acids is 3. The molecule has 5 heteroatoms. The summed E-state index contributed by atoms with van der Waals surface area (Å²) >= 11 is 0. The molecule has 3 rings (SSSR count). The molecule has 0 aromatic heterocycles. The minimum Gasteiger partial charge on any atom is -0.427 e. The van der Waals surface area contributed by atoms with Gasteiger partial charge in [0.15, 0.2) is 0 Å². The summed E-state index contributed by atoms with van der Waals surface area (Å²) in [6.07, 6.45) is 4.74. The van der Waals surface area contributed by atoms with Gasteiger partial charge in [0, 0.05) is 6.42 Å². The van der Waals surface area contributed by atoms with Crippen molar-refractivity contribution < 1.29 is 19.1 Å². The van der Waals surface area contributed by atoms with E-state index in [9.17, 15) is 14.4 Å². The Morgan fingerprint density at radius 1 is 1.09 bits per heavy atom. The van der Waals surface area contributed by atoms with Crippen molar-refractivity contribution in [2.45, 2.75) is 45.4 Å². The topological polar surface area (TPSA) is 63.7 Å². The van der Waals surface area contributed by atoms with Gasteiger partial charge in [0.25, 0.3) is 0 Å². The molecule has 2 unspecified atom stereocenters. The molecular formula is C18H21NO4. The van der Waals surface area contributed by atoms with Crippen LogP contribution in [0.3, 0.4) is 0 Å². The largest absolute Gasteiger partial charge is 0.427 e. The zero-order valence-electron chi connectivity index (χ0n) is 13.3. The quantitative estimate of drug-likeness (QED) is 0.486. The summed E-state index contributed by atoms with van der Waals surface area (Å²) in [5.41, 5.74) is 0.560. The van der Waals surface area contributed by atoms with Crippen molar-refractivity contribution in [3.05, 3.63) is 24.3 Å². The van der Waals surface area contributed by atoms with Crippen LogP contribution in [0, 0.1) is 11.8 Å². The van der Waals surface area contributed by atoms with Crippen molar-refractivity contribution >= 4 is 23.5 Å². The molecule has 1 saturated carbocycles. The lowest BCUT2D eigenvalue weighted by atomic mass is 9.81. The van der Waals surface area contributed by atoms with Crippen molar-refractivity contribution in [3.63, 3.8) is 0 Å². The summed E-state index contributed by atoms with van der Waals surface area (Å²) in [5.74, 6) is -0.328. The van der Waals surface area contributed by atoms with E-state index in [2.05, 4.69) is 0 Å². The number of carbonyl (C=O) groups is 3. The second-order valence-corrected chi connectivity index (χ2v) is 6.23. The van der Waals surface area contributed by atoms with Crippen molar-refractivity contribution in [3.8, 4) is 5.75 Å². The molecule has 23 heavy (non-hydrogen) atoms. The lowest BCUT2D eigenvalue weighted by molar-refractivity contribution is -0.134. The van der Waals surface area contributed by atoms with Gasteiger partial charge in [0.2, 0.25) is 11.8 Å². The molecule has 122 valence electrons. The molecule has 1 aromatic carbocycles. The number of esters is 1. The van der Waals surface area contributed by atoms with Crippen molar-refractivity contribution in [2.75, 3.05) is 4.90 Å². The van der Waals surface area contributed by atoms with Crippen molar-refractivity contribution in [1.82, 2.24) is 0 Å². The second kappa shape index (κ2) is 6.52. The molecule has 0 spiro atoms. The predicted octanol–water partition coefficient (Wildman–Crippen LogP) is 3.07. The third-order valence-corrected chi connectivity index (χ3v) is 4.62. The van der Waals surface area contributed by atoms with Gasteiger partial charge in [-0.2, -0.15) is 0 Å². The average Bonchev–Trinajstić information content (AvgIpc) is 2.81. The van der Waals surface area contributed by atoms with Crippen LogP contribution >= 0.6 is 0 Å². The maximum absolute atomic E-state index is 12.5. The van der Waals surface area contributed by atoms with Crippen LogP contribution in [0.25, 0.3) is 0 Å². The molecule has 2 amide bonds. The average molecular weight is 315 g/mol. The van der Waals surface area contributed by atoms with Gasteiger partial charge in [-0.15, -0.1) is 0 Å². The van der Waals surface area contributed by atoms with Gasteiger partial charge >= 0.3 is 5.97 Å². The molecule has 2 aliphatic rings. The standard InChI is InChI=1S/C18H21NO4/c1-2-5-16(20)23-13-10-8-12(9-11-13)19-17(21)14-6-3-4-7-15(14)18(19)22/h8-11,14-15H,2-7H2,1H3. The van der Waals surface area contributed by atoms with E-state index in [1.807, 2.05) is 6.92 Å². The molecule has 2 fully saturated rings. The molecule has 1 aliphatic heterocycles. The van der Waals surface area contributed by atoms with Gasteiger partial charge in [-0.05, 0) is 43.5 Å². The zero-order valence-corrected chi connectivity index (χ0v) is 13.3. The number of fused-ring (bicyclic) bond motifs is 1. The van der Waals surface area contributed by atoms with Gasteiger partial charge < -0.3 is 4.74 Å². The van der Waals surface area contributed by atoms with Crippen LogP contribution in [0.5, 0.6) is 5.75 Å². The van der Waals surface area contributed by atoms with Gasteiger partial charge in [0.05, 0.1) is 17.5 Å². The molecular weight excluding hydrogens is 294 g/mol. The molecule has 1 saturated heterocycles. The summed E-state index contributed by atoms with van der Waals surface area (Å²) in [5, 5.41) is 0. The van der Waals surface area contributed by atoms with E-state index in [-0.39, 0.29) is 29.6 Å². The number of hydrogen-bond donors (Lipinski definition) is 0. The molecule has 0 radical (unpaired) electrons. The summed E-state index contributed by atoms with van der Waals surface area (Å²) in [4.78, 5) is 37.8. The number of hydrogen-bond acceptors (Lipinski definition) is 4. The molecule has 1 heterocycles. The molecule has 1 aromatic rings. The molecule has 5 nitrogen and oxygen atoms in total. The fraction of sp³-hybridized carbons (Fsp3) is 0.500. The van der Waals surface area contributed by atoms with Gasteiger partial charge in [0.1, 0.15) is 5.75 Å². The van der Waals surface area contributed by atoms with E-state index in [1.54, 1.807) is 24.3 Å². The minimum absolute atomic E-state index is 0.0876. The fourth-order valence-corrected chi connectivity index (χ4v) is 3.47. The Balaban J connectivity index is 1.75. The van der Waals surface area contributed by atoms with Gasteiger partial charge in [-0.3, -0.25) is 19.3 Å². The van der Waals surface area contributed by atoms with Crippen LogP contribution in [0.4, 0.5) is 5.69 Å².